The Morgan fingerprint density at radius 1 is 0.815 bits per heavy atom. The second kappa shape index (κ2) is 9.87. The highest BCUT2D eigenvalue weighted by atomic mass is 19.3. The van der Waals surface area contributed by atoms with E-state index in [4.69, 9.17) is 0 Å². The summed E-state index contributed by atoms with van der Waals surface area (Å²) < 4.78 is 28.9. The van der Waals surface area contributed by atoms with Crippen LogP contribution in [0.4, 0.5) is 8.78 Å². The average Bonchev–Trinajstić information content (AvgIpc) is 2.68. The zero-order chi connectivity index (χ0) is 19.1. The van der Waals surface area contributed by atoms with Crippen molar-refractivity contribution in [2.75, 3.05) is 0 Å². The second-order valence-electron chi connectivity index (χ2n) is 7.81. The lowest BCUT2D eigenvalue weighted by atomic mass is 9.78. The molecule has 1 saturated carbocycles. The predicted octanol–water partition coefficient (Wildman–Crippen LogP) is 7.49. The standard InChI is InChI=1S/C24H30F2O/c1-2-3-18-4-6-19(7-5-18)8-9-20-10-12-21(13-11-20)22-14-16-23(17-15-22)27-24(25)26/h10-19,24H,2-9H2,1H3/t18-,19-. The van der Waals surface area contributed by atoms with Crippen LogP contribution < -0.4 is 4.74 Å². The van der Waals surface area contributed by atoms with Crippen molar-refractivity contribution in [2.24, 2.45) is 11.8 Å². The quantitative estimate of drug-likeness (QED) is 0.466. The van der Waals surface area contributed by atoms with Gasteiger partial charge in [-0.25, -0.2) is 0 Å². The summed E-state index contributed by atoms with van der Waals surface area (Å²) in [4.78, 5) is 0. The summed E-state index contributed by atoms with van der Waals surface area (Å²) in [6, 6.07) is 15.5. The average molecular weight is 372 g/mol. The highest BCUT2D eigenvalue weighted by Gasteiger charge is 2.20. The van der Waals surface area contributed by atoms with Crippen LogP contribution in [0.15, 0.2) is 48.5 Å². The van der Waals surface area contributed by atoms with Gasteiger partial charge in [0.05, 0.1) is 0 Å². The van der Waals surface area contributed by atoms with E-state index in [1.54, 1.807) is 12.1 Å². The number of rotatable bonds is 8. The molecule has 1 nitrogen and oxygen atoms in total. The molecule has 1 fully saturated rings. The van der Waals surface area contributed by atoms with Gasteiger partial charge in [0.2, 0.25) is 0 Å². The van der Waals surface area contributed by atoms with E-state index in [1.165, 1.54) is 50.5 Å². The van der Waals surface area contributed by atoms with Crippen LogP contribution in [-0.4, -0.2) is 6.61 Å². The number of ether oxygens (including phenoxy) is 1. The van der Waals surface area contributed by atoms with Crippen molar-refractivity contribution in [3.63, 3.8) is 0 Å². The normalized spacial score (nSPS) is 20.0. The van der Waals surface area contributed by atoms with Crippen molar-refractivity contribution in [2.45, 2.75) is 64.9 Å². The number of hydrogen-bond donors (Lipinski definition) is 0. The van der Waals surface area contributed by atoms with E-state index in [0.717, 1.165) is 29.4 Å². The zero-order valence-electron chi connectivity index (χ0n) is 16.2. The third-order valence-corrected chi connectivity index (χ3v) is 5.87. The van der Waals surface area contributed by atoms with Crippen LogP contribution in [0.3, 0.4) is 0 Å². The molecule has 0 heterocycles. The predicted molar refractivity (Wildman–Crippen MR) is 107 cm³/mol. The summed E-state index contributed by atoms with van der Waals surface area (Å²) in [5, 5.41) is 0. The van der Waals surface area contributed by atoms with Crippen LogP contribution in [0, 0.1) is 11.8 Å². The number of aryl methyl sites for hydroxylation is 1. The van der Waals surface area contributed by atoms with Gasteiger partial charge in [0.15, 0.2) is 0 Å². The van der Waals surface area contributed by atoms with E-state index in [0.29, 0.717) is 0 Å². The first-order valence-corrected chi connectivity index (χ1v) is 10.3. The molecule has 0 aromatic heterocycles. The van der Waals surface area contributed by atoms with Crippen molar-refractivity contribution in [3.8, 4) is 16.9 Å². The van der Waals surface area contributed by atoms with Gasteiger partial charge in [0, 0.05) is 0 Å². The Labute approximate surface area is 161 Å². The van der Waals surface area contributed by atoms with E-state index < -0.39 is 6.61 Å². The van der Waals surface area contributed by atoms with Crippen molar-refractivity contribution < 1.29 is 13.5 Å². The summed E-state index contributed by atoms with van der Waals surface area (Å²) in [5.74, 6) is 2.06. The fourth-order valence-electron chi connectivity index (χ4n) is 4.28. The minimum absolute atomic E-state index is 0.194. The molecule has 2 aromatic rings. The Bertz CT molecular complexity index is 671. The molecule has 0 atom stereocenters. The molecule has 0 radical (unpaired) electrons. The summed E-state index contributed by atoms with van der Waals surface area (Å²) in [6.07, 6.45) is 10.8. The van der Waals surface area contributed by atoms with Crippen molar-refractivity contribution in [3.05, 3.63) is 54.1 Å². The number of benzene rings is 2. The smallest absolute Gasteiger partial charge is 0.387 e. The molecule has 3 heteroatoms. The topological polar surface area (TPSA) is 9.23 Å². The first kappa shape index (κ1) is 19.9. The van der Waals surface area contributed by atoms with Gasteiger partial charge in [-0.1, -0.05) is 81.8 Å². The first-order chi connectivity index (χ1) is 13.1. The lowest BCUT2D eigenvalue weighted by molar-refractivity contribution is -0.0498. The molecule has 27 heavy (non-hydrogen) atoms. The Morgan fingerprint density at radius 2 is 1.33 bits per heavy atom. The molecule has 1 aliphatic rings. The van der Waals surface area contributed by atoms with Crippen LogP contribution in [0.1, 0.15) is 57.4 Å². The molecule has 0 amide bonds. The van der Waals surface area contributed by atoms with Gasteiger partial charge in [-0.2, -0.15) is 8.78 Å². The summed E-state index contributed by atoms with van der Waals surface area (Å²) in [6.45, 7) is -0.488. The van der Waals surface area contributed by atoms with Crippen molar-refractivity contribution in [1.82, 2.24) is 0 Å². The van der Waals surface area contributed by atoms with Crippen LogP contribution in [0.2, 0.25) is 0 Å². The van der Waals surface area contributed by atoms with Crippen LogP contribution in [-0.2, 0) is 6.42 Å². The molecule has 0 bridgehead atoms. The van der Waals surface area contributed by atoms with Gasteiger partial charge in [0.25, 0.3) is 0 Å². The second-order valence-corrected chi connectivity index (χ2v) is 7.81. The third kappa shape index (κ3) is 6.05. The Kier molecular flexibility index (Phi) is 7.25. The monoisotopic (exact) mass is 372 g/mol. The van der Waals surface area contributed by atoms with Gasteiger partial charge < -0.3 is 4.74 Å². The highest BCUT2D eigenvalue weighted by molar-refractivity contribution is 5.64. The third-order valence-electron chi connectivity index (χ3n) is 5.87. The van der Waals surface area contributed by atoms with Crippen molar-refractivity contribution >= 4 is 0 Å². The van der Waals surface area contributed by atoms with E-state index in [1.807, 2.05) is 12.1 Å². The van der Waals surface area contributed by atoms with Crippen molar-refractivity contribution in [1.29, 1.82) is 0 Å². The van der Waals surface area contributed by atoms with Gasteiger partial charge in [-0.05, 0) is 53.5 Å². The van der Waals surface area contributed by atoms with Gasteiger partial charge in [-0.3, -0.25) is 0 Å². The maximum absolute atomic E-state index is 12.2. The van der Waals surface area contributed by atoms with E-state index >= 15 is 0 Å². The SMILES string of the molecule is CCC[C@H]1CC[C@H](CCc2ccc(-c3ccc(OC(F)F)cc3)cc2)CC1. The molecular formula is C24H30F2O. The van der Waals surface area contributed by atoms with Gasteiger partial charge >= 0.3 is 6.61 Å². The lowest BCUT2D eigenvalue weighted by Gasteiger charge is -2.28. The maximum atomic E-state index is 12.2. The summed E-state index contributed by atoms with van der Waals surface area (Å²) in [5.41, 5.74) is 3.49. The zero-order valence-corrected chi connectivity index (χ0v) is 16.2. The fraction of sp³-hybridized carbons (Fsp3) is 0.500. The van der Waals surface area contributed by atoms with Gasteiger partial charge in [0.1, 0.15) is 5.75 Å². The van der Waals surface area contributed by atoms with E-state index in [9.17, 15) is 8.78 Å². The Morgan fingerprint density at radius 3 is 1.85 bits per heavy atom. The number of halogens is 2. The Hall–Kier alpha value is -1.90. The highest BCUT2D eigenvalue weighted by Crippen LogP contribution is 2.34. The molecule has 2 aromatic carbocycles. The minimum Gasteiger partial charge on any atom is -0.435 e. The lowest BCUT2D eigenvalue weighted by Crippen LogP contribution is -2.15. The molecule has 0 aliphatic heterocycles. The van der Waals surface area contributed by atoms with E-state index in [-0.39, 0.29) is 5.75 Å². The Balaban J connectivity index is 1.49. The van der Waals surface area contributed by atoms with Gasteiger partial charge in [-0.15, -0.1) is 0 Å². The molecule has 1 aliphatic carbocycles. The van der Waals surface area contributed by atoms with Crippen LogP contribution >= 0.6 is 0 Å². The van der Waals surface area contributed by atoms with Crippen LogP contribution in [0.5, 0.6) is 5.75 Å². The number of hydrogen-bond acceptors (Lipinski definition) is 1. The first-order valence-electron chi connectivity index (χ1n) is 10.3. The molecule has 3 rings (SSSR count). The van der Waals surface area contributed by atoms with Crippen LogP contribution in [0.25, 0.3) is 11.1 Å². The molecule has 0 unspecified atom stereocenters. The molecule has 0 spiro atoms. The maximum Gasteiger partial charge on any atom is 0.387 e. The molecular weight excluding hydrogens is 342 g/mol. The largest absolute Gasteiger partial charge is 0.435 e. The number of alkyl halides is 2. The minimum atomic E-state index is -2.78. The summed E-state index contributed by atoms with van der Waals surface area (Å²) >= 11 is 0. The molecule has 0 N–H and O–H groups in total. The van der Waals surface area contributed by atoms with E-state index in [2.05, 4.69) is 35.9 Å². The fourth-order valence-corrected chi connectivity index (χ4v) is 4.28. The molecule has 0 saturated heterocycles. The summed E-state index contributed by atoms with van der Waals surface area (Å²) in [7, 11) is 0. The molecule has 146 valence electrons.